The highest BCUT2D eigenvalue weighted by Gasteiger charge is 2.15. The molecule has 21 heavy (non-hydrogen) atoms. The molecule has 1 fully saturated rings. The van der Waals surface area contributed by atoms with Crippen LogP contribution in [0.25, 0.3) is 0 Å². The Kier molecular flexibility index (Phi) is 5.80. The van der Waals surface area contributed by atoms with Crippen LogP contribution in [0.3, 0.4) is 0 Å². The molecule has 1 atom stereocenters. The van der Waals surface area contributed by atoms with Crippen LogP contribution in [-0.2, 0) is 17.8 Å². The van der Waals surface area contributed by atoms with E-state index in [1.54, 1.807) is 0 Å². The molecular weight excluding hydrogens is 260 g/mol. The van der Waals surface area contributed by atoms with Crippen molar-refractivity contribution in [3.05, 3.63) is 35.4 Å². The van der Waals surface area contributed by atoms with Crippen molar-refractivity contribution in [2.24, 2.45) is 0 Å². The van der Waals surface area contributed by atoms with Gasteiger partial charge in [0.25, 0.3) is 0 Å². The van der Waals surface area contributed by atoms with Crippen LogP contribution in [-0.4, -0.2) is 36.2 Å². The first-order valence-corrected chi connectivity index (χ1v) is 8.09. The van der Waals surface area contributed by atoms with Gasteiger partial charge in [-0.05, 0) is 45.2 Å². The molecule has 0 radical (unpaired) electrons. The molecular formula is C18H30N2O. The highest BCUT2D eigenvalue weighted by atomic mass is 16.5. The summed E-state index contributed by atoms with van der Waals surface area (Å²) in [6.07, 6.45) is 1.48. The third kappa shape index (κ3) is 6.16. The van der Waals surface area contributed by atoms with Gasteiger partial charge in [-0.1, -0.05) is 24.3 Å². The summed E-state index contributed by atoms with van der Waals surface area (Å²) < 4.78 is 5.72. The number of benzene rings is 1. The first-order chi connectivity index (χ1) is 9.92. The lowest BCUT2D eigenvalue weighted by Gasteiger charge is -2.23. The van der Waals surface area contributed by atoms with E-state index >= 15 is 0 Å². The van der Waals surface area contributed by atoms with E-state index < -0.39 is 0 Å². The predicted octanol–water partition coefficient (Wildman–Crippen LogP) is 3.19. The van der Waals surface area contributed by atoms with Gasteiger partial charge in [-0.15, -0.1) is 0 Å². The molecule has 0 aromatic heterocycles. The smallest absolute Gasteiger partial charge is 0.0674 e. The monoisotopic (exact) mass is 290 g/mol. The zero-order valence-corrected chi connectivity index (χ0v) is 14.0. The topological polar surface area (TPSA) is 24.5 Å². The molecule has 1 saturated heterocycles. The SMILES string of the molecule is CC1CN(Cc2cccc(CNC(C)(C)C)c2)CCCO1. The van der Waals surface area contributed by atoms with Crippen molar-refractivity contribution in [1.82, 2.24) is 10.2 Å². The maximum absolute atomic E-state index is 5.72. The molecule has 0 bridgehead atoms. The van der Waals surface area contributed by atoms with Crippen LogP contribution in [0.4, 0.5) is 0 Å². The van der Waals surface area contributed by atoms with Gasteiger partial charge in [-0.25, -0.2) is 0 Å². The van der Waals surface area contributed by atoms with Crippen LogP contribution >= 0.6 is 0 Å². The minimum absolute atomic E-state index is 0.160. The number of nitrogens with zero attached hydrogens (tertiary/aromatic N) is 1. The van der Waals surface area contributed by atoms with E-state index in [2.05, 4.69) is 62.2 Å². The fourth-order valence-electron chi connectivity index (χ4n) is 2.69. The Bertz CT molecular complexity index is 439. The molecule has 3 nitrogen and oxygen atoms in total. The van der Waals surface area contributed by atoms with E-state index in [0.29, 0.717) is 6.10 Å². The van der Waals surface area contributed by atoms with Crippen molar-refractivity contribution in [3.63, 3.8) is 0 Å². The van der Waals surface area contributed by atoms with Gasteiger partial charge < -0.3 is 10.1 Å². The molecule has 118 valence electrons. The van der Waals surface area contributed by atoms with Crippen molar-refractivity contribution in [2.45, 2.75) is 58.8 Å². The molecule has 1 heterocycles. The highest BCUT2D eigenvalue weighted by molar-refractivity contribution is 5.23. The summed E-state index contributed by atoms with van der Waals surface area (Å²) in [5.74, 6) is 0. The molecule has 0 saturated carbocycles. The summed E-state index contributed by atoms with van der Waals surface area (Å²) in [5.41, 5.74) is 2.92. The average Bonchev–Trinajstić information content (AvgIpc) is 2.60. The Morgan fingerprint density at radius 1 is 1.29 bits per heavy atom. The van der Waals surface area contributed by atoms with E-state index in [9.17, 15) is 0 Å². The van der Waals surface area contributed by atoms with Crippen LogP contribution in [0.15, 0.2) is 24.3 Å². The maximum atomic E-state index is 5.72. The van der Waals surface area contributed by atoms with Gasteiger partial charge in [-0.2, -0.15) is 0 Å². The Balaban J connectivity index is 1.93. The summed E-state index contributed by atoms with van der Waals surface area (Å²) in [6.45, 7) is 13.8. The number of hydrogen-bond donors (Lipinski definition) is 1. The zero-order valence-electron chi connectivity index (χ0n) is 14.0. The summed E-state index contributed by atoms with van der Waals surface area (Å²) >= 11 is 0. The lowest BCUT2D eigenvalue weighted by molar-refractivity contribution is 0.0668. The van der Waals surface area contributed by atoms with Gasteiger partial charge in [0.2, 0.25) is 0 Å². The van der Waals surface area contributed by atoms with Crippen molar-refractivity contribution in [1.29, 1.82) is 0 Å². The van der Waals surface area contributed by atoms with Crippen molar-refractivity contribution in [2.75, 3.05) is 19.7 Å². The lowest BCUT2D eigenvalue weighted by atomic mass is 10.1. The van der Waals surface area contributed by atoms with Crippen LogP contribution in [0, 0.1) is 0 Å². The lowest BCUT2D eigenvalue weighted by Crippen LogP contribution is -2.35. The van der Waals surface area contributed by atoms with E-state index in [4.69, 9.17) is 4.74 Å². The van der Waals surface area contributed by atoms with E-state index in [0.717, 1.165) is 39.2 Å². The highest BCUT2D eigenvalue weighted by Crippen LogP contribution is 2.13. The third-order valence-electron chi connectivity index (χ3n) is 3.76. The number of rotatable bonds is 4. The molecule has 2 rings (SSSR count). The number of nitrogens with one attached hydrogen (secondary N) is 1. The molecule has 0 spiro atoms. The summed E-state index contributed by atoms with van der Waals surface area (Å²) in [5, 5.41) is 3.55. The van der Waals surface area contributed by atoms with Gasteiger partial charge in [0.1, 0.15) is 0 Å². The second-order valence-electron chi connectivity index (χ2n) is 7.19. The van der Waals surface area contributed by atoms with Gasteiger partial charge in [-0.3, -0.25) is 4.90 Å². The third-order valence-corrected chi connectivity index (χ3v) is 3.76. The van der Waals surface area contributed by atoms with Gasteiger partial charge >= 0.3 is 0 Å². The Morgan fingerprint density at radius 3 is 2.81 bits per heavy atom. The fraction of sp³-hybridized carbons (Fsp3) is 0.667. The van der Waals surface area contributed by atoms with Crippen LogP contribution < -0.4 is 5.32 Å². The maximum Gasteiger partial charge on any atom is 0.0674 e. The molecule has 1 aromatic rings. The number of hydrogen-bond acceptors (Lipinski definition) is 3. The molecule has 3 heteroatoms. The second-order valence-corrected chi connectivity index (χ2v) is 7.19. The summed E-state index contributed by atoms with van der Waals surface area (Å²) in [4.78, 5) is 2.51. The van der Waals surface area contributed by atoms with Gasteiger partial charge in [0, 0.05) is 38.3 Å². The van der Waals surface area contributed by atoms with Crippen molar-refractivity contribution in [3.8, 4) is 0 Å². The molecule has 1 N–H and O–H groups in total. The van der Waals surface area contributed by atoms with Crippen LogP contribution in [0.2, 0.25) is 0 Å². The fourth-order valence-corrected chi connectivity index (χ4v) is 2.69. The van der Waals surface area contributed by atoms with Gasteiger partial charge in [0.05, 0.1) is 6.10 Å². The number of ether oxygens (including phenoxy) is 1. The van der Waals surface area contributed by atoms with Gasteiger partial charge in [0.15, 0.2) is 0 Å². The van der Waals surface area contributed by atoms with E-state index in [1.807, 2.05) is 0 Å². The molecule has 0 amide bonds. The predicted molar refractivity (Wildman–Crippen MR) is 88.3 cm³/mol. The minimum atomic E-state index is 0.160. The van der Waals surface area contributed by atoms with Crippen molar-refractivity contribution >= 4 is 0 Å². The minimum Gasteiger partial charge on any atom is -0.377 e. The molecule has 0 aliphatic carbocycles. The summed E-state index contributed by atoms with van der Waals surface area (Å²) in [7, 11) is 0. The molecule has 1 aliphatic heterocycles. The first-order valence-electron chi connectivity index (χ1n) is 8.09. The largest absolute Gasteiger partial charge is 0.377 e. The second kappa shape index (κ2) is 7.39. The Hall–Kier alpha value is -0.900. The Labute approximate surface area is 129 Å². The molecule has 1 unspecified atom stereocenters. The zero-order chi connectivity index (χ0) is 15.3. The average molecular weight is 290 g/mol. The van der Waals surface area contributed by atoms with Crippen LogP contribution in [0.1, 0.15) is 45.2 Å². The molecule has 1 aromatic carbocycles. The standard InChI is InChI=1S/C18H30N2O/c1-15-13-20(9-6-10-21-15)14-17-8-5-7-16(11-17)12-19-18(2,3)4/h5,7-8,11,15,19H,6,9-10,12-14H2,1-4H3. The summed E-state index contributed by atoms with van der Waals surface area (Å²) in [6, 6.07) is 8.94. The quantitative estimate of drug-likeness (QED) is 0.921. The Morgan fingerprint density at radius 2 is 2.05 bits per heavy atom. The van der Waals surface area contributed by atoms with Crippen LogP contribution in [0.5, 0.6) is 0 Å². The first kappa shape index (κ1) is 16.5. The van der Waals surface area contributed by atoms with E-state index in [-0.39, 0.29) is 5.54 Å². The van der Waals surface area contributed by atoms with Crippen molar-refractivity contribution < 1.29 is 4.74 Å². The van der Waals surface area contributed by atoms with E-state index in [1.165, 1.54) is 11.1 Å². The normalized spacial score (nSPS) is 21.2. The molecule has 1 aliphatic rings.